The third-order valence-corrected chi connectivity index (χ3v) is 5.38. The Balaban J connectivity index is 1.84. The molecule has 1 N–H and O–H groups in total. The number of hydrogen-bond acceptors (Lipinski definition) is 4. The lowest BCUT2D eigenvalue weighted by molar-refractivity contribution is -0.137. The minimum absolute atomic E-state index is 0.0646. The lowest BCUT2D eigenvalue weighted by atomic mass is 10.1. The molecule has 3 aromatic rings. The Morgan fingerprint density at radius 3 is 2.39 bits per heavy atom. The fourth-order valence-electron chi connectivity index (χ4n) is 3.00. The highest BCUT2D eigenvalue weighted by atomic mass is 35.5. The molecular weight excluding hydrogens is 523 g/mol. The maximum absolute atomic E-state index is 13.1. The van der Waals surface area contributed by atoms with E-state index in [0.717, 1.165) is 12.1 Å². The Labute approximate surface area is 213 Å². The molecule has 3 rings (SSSR count). The number of nitriles is 1. The standard InChI is InChI=1S/C25H16Cl2F4N2O3/c1-35-22-10-15(9-20(27)23(22)36-13-14-2-5-18(28)6-3-14)8-16(12-32)24(34)33-21-11-17(25(29,30)31)4-7-19(21)26/h2-11H,13H2,1H3,(H,33,34). The molecule has 0 unspecified atom stereocenters. The molecule has 0 atom stereocenters. The van der Waals surface area contributed by atoms with Crippen molar-refractivity contribution < 1.29 is 31.8 Å². The van der Waals surface area contributed by atoms with Crippen molar-refractivity contribution in [1.82, 2.24) is 0 Å². The molecule has 0 aliphatic carbocycles. The SMILES string of the molecule is COc1cc(C=C(C#N)C(=O)Nc2cc(C(F)(F)F)ccc2Cl)cc(Cl)c1OCc1ccc(F)cc1. The second kappa shape index (κ2) is 11.3. The third-order valence-electron chi connectivity index (χ3n) is 4.77. The van der Waals surface area contributed by atoms with Gasteiger partial charge in [0.25, 0.3) is 5.91 Å². The van der Waals surface area contributed by atoms with Gasteiger partial charge in [-0.3, -0.25) is 4.79 Å². The first kappa shape index (κ1) is 26.9. The van der Waals surface area contributed by atoms with E-state index in [1.54, 1.807) is 18.2 Å². The molecule has 5 nitrogen and oxygen atoms in total. The van der Waals surface area contributed by atoms with Crippen molar-refractivity contribution in [1.29, 1.82) is 5.26 Å². The highest BCUT2D eigenvalue weighted by Gasteiger charge is 2.31. The van der Waals surface area contributed by atoms with Gasteiger partial charge in [0.05, 0.1) is 28.4 Å². The number of carbonyl (C=O) groups is 1. The maximum atomic E-state index is 13.1. The summed E-state index contributed by atoms with van der Waals surface area (Å²) in [4.78, 5) is 12.6. The van der Waals surface area contributed by atoms with Crippen molar-refractivity contribution in [2.75, 3.05) is 12.4 Å². The van der Waals surface area contributed by atoms with Crippen LogP contribution in [0, 0.1) is 17.1 Å². The van der Waals surface area contributed by atoms with E-state index in [-0.39, 0.29) is 39.4 Å². The molecule has 0 radical (unpaired) electrons. The van der Waals surface area contributed by atoms with Gasteiger partial charge in [0, 0.05) is 0 Å². The normalized spacial score (nSPS) is 11.6. The van der Waals surface area contributed by atoms with Crippen molar-refractivity contribution in [3.8, 4) is 17.6 Å². The molecule has 0 saturated carbocycles. The van der Waals surface area contributed by atoms with Gasteiger partial charge in [-0.15, -0.1) is 0 Å². The number of hydrogen-bond donors (Lipinski definition) is 1. The van der Waals surface area contributed by atoms with Crippen LogP contribution in [0.25, 0.3) is 6.08 Å². The van der Waals surface area contributed by atoms with E-state index in [9.17, 15) is 27.6 Å². The van der Waals surface area contributed by atoms with Crippen LogP contribution >= 0.6 is 23.2 Å². The van der Waals surface area contributed by atoms with E-state index < -0.39 is 29.0 Å². The first-order chi connectivity index (χ1) is 17.0. The number of nitrogens with one attached hydrogen (secondary N) is 1. The molecule has 36 heavy (non-hydrogen) atoms. The number of benzene rings is 3. The highest BCUT2D eigenvalue weighted by molar-refractivity contribution is 6.34. The van der Waals surface area contributed by atoms with Gasteiger partial charge >= 0.3 is 6.18 Å². The van der Waals surface area contributed by atoms with Crippen molar-refractivity contribution in [3.63, 3.8) is 0 Å². The quantitative estimate of drug-likeness (QED) is 0.195. The number of halogens is 6. The fourth-order valence-corrected chi connectivity index (χ4v) is 3.44. The highest BCUT2D eigenvalue weighted by Crippen LogP contribution is 2.38. The molecule has 0 spiro atoms. The molecule has 1 amide bonds. The zero-order chi connectivity index (χ0) is 26.5. The lowest BCUT2D eigenvalue weighted by Gasteiger charge is -2.14. The summed E-state index contributed by atoms with van der Waals surface area (Å²) < 4.78 is 63.1. The molecule has 0 aliphatic rings. The number of rotatable bonds is 7. The van der Waals surface area contributed by atoms with Crippen molar-refractivity contribution >= 4 is 40.9 Å². The van der Waals surface area contributed by atoms with Crippen LogP contribution in [0.2, 0.25) is 10.0 Å². The Bertz CT molecular complexity index is 1350. The summed E-state index contributed by atoms with van der Waals surface area (Å²) in [5.41, 5.74) is -0.792. The number of alkyl halides is 3. The second-order valence-electron chi connectivity index (χ2n) is 7.27. The number of ether oxygens (including phenoxy) is 2. The summed E-state index contributed by atoms with van der Waals surface area (Å²) in [7, 11) is 1.36. The molecule has 186 valence electrons. The average molecular weight is 539 g/mol. The maximum Gasteiger partial charge on any atom is 0.416 e. The summed E-state index contributed by atoms with van der Waals surface area (Å²) in [5.74, 6) is -1.00. The van der Waals surface area contributed by atoms with Crippen LogP contribution in [0.15, 0.2) is 60.2 Å². The van der Waals surface area contributed by atoms with Gasteiger partial charge in [-0.2, -0.15) is 18.4 Å². The van der Waals surface area contributed by atoms with E-state index in [2.05, 4.69) is 5.32 Å². The van der Waals surface area contributed by atoms with E-state index in [0.29, 0.717) is 11.6 Å². The monoisotopic (exact) mass is 538 g/mol. The molecule has 3 aromatic carbocycles. The van der Waals surface area contributed by atoms with E-state index in [1.807, 2.05) is 0 Å². The number of anilines is 1. The first-order valence-electron chi connectivity index (χ1n) is 10.1. The van der Waals surface area contributed by atoms with Gasteiger partial charge < -0.3 is 14.8 Å². The summed E-state index contributed by atoms with van der Waals surface area (Å²) in [6, 6.07) is 12.6. The van der Waals surface area contributed by atoms with Gasteiger partial charge in [-0.05, 0) is 59.7 Å². The van der Waals surface area contributed by atoms with Crippen molar-refractivity contribution in [3.05, 3.63) is 92.7 Å². The van der Waals surface area contributed by atoms with Crippen LogP contribution in [0.4, 0.5) is 23.2 Å². The number of nitrogens with zero attached hydrogens (tertiary/aromatic N) is 1. The van der Waals surface area contributed by atoms with Crippen LogP contribution < -0.4 is 14.8 Å². The van der Waals surface area contributed by atoms with Gasteiger partial charge in [0.1, 0.15) is 24.1 Å². The first-order valence-corrected chi connectivity index (χ1v) is 10.8. The Hall–Kier alpha value is -3.74. The smallest absolute Gasteiger partial charge is 0.416 e. The largest absolute Gasteiger partial charge is 0.493 e. The molecule has 0 saturated heterocycles. The summed E-state index contributed by atoms with van der Waals surface area (Å²) in [5, 5.41) is 11.6. The van der Waals surface area contributed by atoms with Gasteiger partial charge in [0.15, 0.2) is 11.5 Å². The minimum Gasteiger partial charge on any atom is -0.493 e. The predicted molar refractivity (Wildman–Crippen MR) is 127 cm³/mol. The number of methoxy groups -OCH3 is 1. The zero-order valence-electron chi connectivity index (χ0n) is 18.4. The van der Waals surface area contributed by atoms with Gasteiger partial charge in [-0.1, -0.05) is 35.3 Å². The van der Waals surface area contributed by atoms with Gasteiger partial charge in [-0.25, -0.2) is 4.39 Å². The molecule has 0 fully saturated rings. The van der Waals surface area contributed by atoms with Crippen molar-refractivity contribution in [2.45, 2.75) is 12.8 Å². The Kier molecular flexibility index (Phi) is 8.45. The zero-order valence-corrected chi connectivity index (χ0v) is 19.9. The van der Waals surface area contributed by atoms with Crippen LogP contribution in [-0.4, -0.2) is 13.0 Å². The molecule has 0 aromatic heterocycles. The Morgan fingerprint density at radius 2 is 1.78 bits per heavy atom. The molecule has 0 bridgehead atoms. The molecule has 0 aliphatic heterocycles. The third kappa shape index (κ3) is 6.68. The second-order valence-corrected chi connectivity index (χ2v) is 8.08. The summed E-state index contributed by atoms with van der Waals surface area (Å²) in [6.45, 7) is 0.0646. The topological polar surface area (TPSA) is 71.3 Å². The predicted octanol–water partition coefficient (Wildman–Crippen LogP) is 7.28. The summed E-state index contributed by atoms with van der Waals surface area (Å²) >= 11 is 12.2. The van der Waals surface area contributed by atoms with Crippen LogP contribution in [0.3, 0.4) is 0 Å². The molecule has 11 heteroatoms. The number of carbonyl (C=O) groups excluding carboxylic acids is 1. The van der Waals surface area contributed by atoms with Crippen LogP contribution in [-0.2, 0) is 17.6 Å². The van der Waals surface area contributed by atoms with Crippen LogP contribution in [0.1, 0.15) is 16.7 Å². The van der Waals surface area contributed by atoms with E-state index >= 15 is 0 Å². The molecular formula is C25H16Cl2F4N2O3. The number of amides is 1. The average Bonchev–Trinajstić information content (AvgIpc) is 2.83. The lowest BCUT2D eigenvalue weighted by Crippen LogP contribution is -2.15. The van der Waals surface area contributed by atoms with Crippen molar-refractivity contribution in [2.24, 2.45) is 0 Å². The molecule has 0 heterocycles. The minimum atomic E-state index is -4.65. The van der Waals surface area contributed by atoms with E-state index in [1.165, 1.54) is 37.5 Å². The Morgan fingerprint density at radius 1 is 1.08 bits per heavy atom. The fraction of sp³-hybridized carbons (Fsp3) is 0.120. The van der Waals surface area contributed by atoms with Crippen LogP contribution in [0.5, 0.6) is 11.5 Å². The summed E-state index contributed by atoms with van der Waals surface area (Å²) in [6.07, 6.45) is -3.47. The van der Waals surface area contributed by atoms with Gasteiger partial charge in [0.2, 0.25) is 0 Å². The van der Waals surface area contributed by atoms with E-state index in [4.69, 9.17) is 32.7 Å².